The van der Waals surface area contributed by atoms with Crippen molar-refractivity contribution in [1.29, 1.82) is 0 Å². The number of nitrogens with zero attached hydrogens (tertiary/aromatic N) is 3. The topological polar surface area (TPSA) is 170 Å². The molecule has 1 aliphatic heterocycles. The molecule has 222 valence electrons. The van der Waals surface area contributed by atoms with E-state index >= 15 is 0 Å². The van der Waals surface area contributed by atoms with Gasteiger partial charge >= 0.3 is 23.9 Å². The van der Waals surface area contributed by atoms with Crippen LogP contribution in [-0.4, -0.2) is 79.4 Å². The molecule has 0 spiro atoms. The van der Waals surface area contributed by atoms with Gasteiger partial charge in [0.05, 0.1) is 16.3 Å². The second kappa shape index (κ2) is 17.8. The molecule has 4 N–H and O–H groups in total. The number of aryl methyl sites for hydroxylation is 1. The number of para-hydroxylation sites is 1. The van der Waals surface area contributed by atoms with Crippen LogP contribution in [0.1, 0.15) is 18.4 Å². The van der Waals surface area contributed by atoms with Crippen LogP contribution in [0.5, 0.6) is 0 Å². The molecule has 1 aliphatic rings. The normalized spacial score (nSPS) is 14.5. The molecule has 0 atom stereocenters. The standard InChI is InChI=1S/C22H25N3S.2C4H4O4/c1-24-20-11-5-6-12-21(20)26-22(24)23-19-13-16-25(17-14-19)15-7-10-18-8-3-2-4-9-18;2*5-3(6)1-2-4(7)8/h2-12,19H,13-17H2,1H3;2*1-2H,(H,5,6)(H,7,8). The van der Waals surface area contributed by atoms with Gasteiger partial charge in [-0.05, 0) is 30.5 Å². The number of piperidine rings is 1. The molecular formula is C30H33N3O8S. The van der Waals surface area contributed by atoms with Crippen molar-refractivity contribution < 1.29 is 39.6 Å². The molecule has 0 saturated carbocycles. The molecule has 0 aliphatic carbocycles. The summed E-state index contributed by atoms with van der Waals surface area (Å²) in [4.78, 5) is 46.9. The Morgan fingerprint density at radius 1 is 0.810 bits per heavy atom. The number of benzene rings is 2. The van der Waals surface area contributed by atoms with Crippen molar-refractivity contribution in [3.63, 3.8) is 0 Å². The first-order valence-electron chi connectivity index (χ1n) is 12.9. The Morgan fingerprint density at radius 2 is 1.31 bits per heavy atom. The van der Waals surface area contributed by atoms with E-state index in [0.29, 0.717) is 30.3 Å². The van der Waals surface area contributed by atoms with E-state index in [2.05, 4.69) is 83.3 Å². The van der Waals surface area contributed by atoms with Gasteiger partial charge in [0.15, 0.2) is 4.80 Å². The van der Waals surface area contributed by atoms with Crippen LogP contribution in [0.3, 0.4) is 0 Å². The minimum absolute atomic E-state index is 0.448. The summed E-state index contributed by atoms with van der Waals surface area (Å²) in [5.41, 5.74) is 2.55. The van der Waals surface area contributed by atoms with Gasteiger partial charge in [-0.3, -0.25) is 9.89 Å². The fourth-order valence-corrected chi connectivity index (χ4v) is 4.87. The lowest BCUT2D eigenvalue weighted by molar-refractivity contribution is -0.134. The molecule has 4 rings (SSSR count). The van der Waals surface area contributed by atoms with E-state index in [1.165, 1.54) is 15.8 Å². The Balaban J connectivity index is 0.000000319. The summed E-state index contributed by atoms with van der Waals surface area (Å²) >= 11 is 1.80. The Hall–Kier alpha value is -4.81. The van der Waals surface area contributed by atoms with E-state index in [1.807, 2.05) is 0 Å². The molecule has 42 heavy (non-hydrogen) atoms. The van der Waals surface area contributed by atoms with Crippen molar-refractivity contribution in [3.8, 4) is 0 Å². The van der Waals surface area contributed by atoms with Gasteiger partial charge in [0.25, 0.3) is 0 Å². The smallest absolute Gasteiger partial charge is 0.328 e. The SMILES string of the molecule is Cn1c(=NC2CCN(CC=Cc3ccccc3)CC2)sc2ccccc21.O=C(O)C=CC(=O)O.O=C(O)C=CC(=O)O. The fourth-order valence-electron chi connectivity index (χ4n) is 3.78. The summed E-state index contributed by atoms with van der Waals surface area (Å²) in [7, 11) is 2.13. The van der Waals surface area contributed by atoms with Gasteiger partial charge in [-0.1, -0.05) is 66.0 Å². The molecule has 0 amide bonds. The Bertz CT molecular complexity index is 1430. The first-order valence-corrected chi connectivity index (χ1v) is 13.7. The first-order chi connectivity index (χ1) is 20.0. The Morgan fingerprint density at radius 3 is 1.81 bits per heavy atom. The molecule has 0 unspecified atom stereocenters. The number of fused-ring (bicyclic) bond motifs is 1. The minimum atomic E-state index is -1.26. The van der Waals surface area contributed by atoms with Crippen LogP contribution in [0.2, 0.25) is 0 Å². The zero-order valence-corrected chi connectivity index (χ0v) is 23.8. The molecular weight excluding hydrogens is 562 g/mol. The van der Waals surface area contributed by atoms with E-state index in [4.69, 9.17) is 25.4 Å². The average molecular weight is 596 g/mol. The average Bonchev–Trinajstić information content (AvgIpc) is 3.28. The molecule has 1 fully saturated rings. The Kier molecular flexibility index (Phi) is 14.1. The number of likely N-dealkylation sites (tertiary alicyclic amines) is 1. The molecule has 2 heterocycles. The summed E-state index contributed by atoms with van der Waals surface area (Å²) in [6.45, 7) is 3.28. The molecule has 12 heteroatoms. The highest BCUT2D eigenvalue weighted by molar-refractivity contribution is 7.16. The van der Waals surface area contributed by atoms with Crippen LogP contribution in [0.25, 0.3) is 16.3 Å². The zero-order valence-electron chi connectivity index (χ0n) is 22.9. The van der Waals surface area contributed by atoms with Crippen LogP contribution in [0.4, 0.5) is 0 Å². The second-order valence-corrected chi connectivity index (χ2v) is 9.91. The number of aliphatic carboxylic acids is 4. The number of carboxylic acid groups (broad SMARTS) is 4. The van der Waals surface area contributed by atoms with Gasteiger partial charge in [-0.25, -0.2) is 19.2 Å². The third-order valence-corrected chi connectivity index (χ3v) is 6.90. The van der Waals surface area contributed by atoms with Gasteiger partial charge in [0.2, 0.25) is 0 Å². The van der Waals surface area contributed by atoms with Gasteiger partial charge in [-0.15, -0.1) is 0 Å². The summed E-state index contributed by atoms with van der Waals surface area (Å²) in [6, 6.07) is 19.5. The predicted molar refractivity (Wildman–Crippen MR) is 160 cm³/mol. The molecule has 0 radical (unpaired) electrons. The van der Waals surface area contributed by atoms with Crippen molar-refractivity contribution in [2.24, 2.45) is 12.0 Å². The second-order valence-electron chi connectivity index (χ2n) is 8.90. The van der Waals surface area contributed by atoms with Crippen LogP contribution in [-0.2, 0) is 26.2 Å². The van der Waals surface area contributed by atoms with E-state index in [-0.39, 0.29) is 0 Å². The fraction of sp³-hybridized carbons (Fsp3) is 0.233. The Labute approximate surface area is 246 Å². The molecule has 11 nitrogen and oxygen atoms in total. The van der Waals surface area contributed by atoms with Crippen molar-refractivity contribution in [2.75, 3.05) is 19.6 Å². The monoisotopic (exact) mass is 595 g/mol. The van der Waals surface area contributed by atoms with Crippen molar-refractivity contribution in [2.45, 2.75) is 18.9 Å². The van der Waals surface area contributed by atoms with Gasteiger partial charge in [-0.2, -0.15) is 0 Å². The molecule has 3 aromatic rings. The van der Waals surface area contributed by atoms with Crippen LogP contribution in [0, 0.1) is 0 Å². The van der Waals surface area contributed by atoms with Crippen LogP contribution < -0.4 is 4.80 Å². The minimum Gasteiger partial charge on any atom is -0.478 e. The quantitative estimate of drug-likeness (QED) is 0.283. The maximum absolute atomic E-state index is 9.55. The van der Waals surface area contributed by atoms with E-state index in [9.17, 15) is 19.2 Å². The molecule has 0 bridgehead atoms. The number of carboxylic acids is 4. The van der Waals surface area contributed by atoms with Crippen molar-refractivity contribution in [1.82, 2.24) is 9.47 Å². The maximum atomic E-state index is 9.55. The van der Waals surface area contributed by atoms with E-state index < -0.39 is 23.9 Å². The summed E-state index contributed by atoms with van der Waals surface area (Å²) < 4.78 is 3.55. The summed E-state index contributed by atoms with van der Waals surface area (Å²) in [5, 5.41) is 31.2. The third kappa shape index (κ3) is 13.0. The first kappa shape index (κ1) is 33.4. The lowest BCUT2D eigenvalue weighted by atomic mass is 10.1. The van der Waals surface area contributed by atoms with Gasteiger partial charge in [0, 0.05) is 51.0 Å². The van der Waals surface area contributed by atoms with E-state index in [1.54, 1.807) is 11.3 Å². The lowest BCUT2D eigenvalue weighted by Gasteiger charge is -2.29. The highest BCUT2D eigenvalue weighted by Gasteiger charge is 2.18. The molecule has 1 aromatic heterocycles. The number of rotatable bonds is 8. The largest absolute Gasteiger partial charge is 0.478 e. The number of hydrogen-bond acceptors (Lipinski definition) is 7. The van der Waals surface area contributed by atoms with Crippen molar-refractivity contribution >= 4 is 51.5 Å². The number of carbonyl (C=O) groups is 4. The summed E-state index contributed by atoms with van der Waals surface area (Å²) in [5.74, 6) is -5.03. The van der Waals surface area contributed by atoms with Gasteiger partial charge in [0.1, 0.15) is 0 Å². The lowest BCUT2D eigenvalue weighted by Crippen LogP contribution is -2.36. The molecule has 2 aromatic carbocycles. The number of aromatic nitrogens is 1. The summed E-state index contributed by atoms with van der Waals surface area (Å²) in [6.07, 6.45) is 9.02. The van der Waals surface area contributed by atoms with Gasteiger partial charge < -0.3 is 25.0 Å². The van der Waals surface area contributed by atoms with Crippen LogP contribution in [0.15, 0.2) is 90.0 Å². The number of hydrogen-bond donors (Lipinski definition) is 4. The van der Waals surface area contributed by atoms with E-state index in [0.717, 1.165) is 37.3 Å². The highest BCUT2D eigenvalue weighted by atomic mass is 32.1. The number of thiazole rings is 1. The zero-order chi connectivity index (χ0) is 30.9. The van der Waals surface area contributed by atoms with Crippen LogP contribution >= 0.6 is 11.3 Å². The third-order valence-electron chi connectivity index (χ3n) is 5.78. The van der Waals surface area contributed by atoms with Crippen molar-refractivity contribution in [3.05, 3.63) is 95.3 Å². The maximum Gasteiger partial charge on any atom is 0.328 e. The predicted octanol–water partition coefficient (Wildman–Crippen LogP) is 3.74. The highest BCUT2D eigenvalue weighted by Crippen LogP contribution is 2.17. The molecule has 1 saturated heterocycles.